The lowest BCUT2D eigenvalue weighted by molar-refractivity contribution is 0.276. The fourth-order valence-corrected chi connectivity index (χ4v) is 4.83. The zero-order valence-corrected chi connectivity index (χ0v) is 17.1. The number of nitrogens with zero attached hydrogens (tertiary/aromatic N) is 3. The summed E-state index contributed by atoms with van der Waals surface area (Å²) < 4.78 is 25.2. The molecule has 148 valence electrons. The number of hydrogen-bond donors (Lipinski definition) is 2. The van der Waals surface area contributed by atoms with Crippen molar-refractivity contribution >= 4 is 38.5 Å². The molecule has 7 nitrogen and oxygen atoms in total. The van der Waals surface area contributed by atoms with E-state index in [1.54, 1.807) is 10.5 Å². The summed E-state index contributed by atoms with van der Waals surface area (Å²) >= 11 is 6.26. The Kier molecular flexibility index (Phi) is 5.27. The standard InChI is InChI=1S/C19H22ClN5O2S/c1-28(26,27)25-7-3-4-13(12-25)10-22-18-9-14(8-17(20)24-18)16-11-23-19-15(16)5-2-6-21-19/h2,5-6,8-9,11,13H,3-4,7,10,12H2,1H3,(H,21,23)(H,22,24). The highest BCUT2D eigenvalue weighted by Gasteiger charge is 2.25. The molecule has 0 spiro atoms. The molecule has 4 rings (SSSR count). The van der Waals surface area contributed by atoms with Gasteiger partial charge in [-0.25, -0.2) is 22.7 Å². The van der Waals surface area contributed by atoms with E-state index < -0.39 is 10.0 Å². The van der Waals surface area contributed by atoms with Gasteiger partial charge in [0.25, 0.3) is 0 Å². The average molecular weight is 420 g/mol. The van der Waals surface area contributed by atoms with Crippen LogP contribution in [0.5, 0.6) is 0 Å². The molecule has 1 unspecified atom stereocenters. The van der Waals surface area contributed by atoms with E-state index in [-0.39, 0.29) is 5.92 Å². The molecule has 9 heteroatoms. The Morgan fingerprint density at radius 1 is 1.39 bits per heavy atom. The molecule has 1 saturated heterocycles. The Balaban J connectivity index is 1.52. The van der Waals surface area contributed by atoms with Crippen molar-refractivity contribution in [2.24, 2.45) is 5.92 Å². The van der Waals surface area contributed by atoms with E-state index in [4.69, 9.17) is 11.6 Å². The van der Waals surface area contributed by atoms with E-state index in [1.165, 1.54) is 6.26 Å². The molecular weight excluding hydrogens is 398 g/mol. The number of pyridine rings is 2. The number of halogens is 1. The molecule has 28 heavy (non-hydrogen) atoms. The summed E-state index contributed by atoms with van der Waals surface area (Å²) in [6.07, 6.45) is 6.79. The highest BCUT2D eigenvalue weighted by molar-refractivity contribution is 7.88. The highest BCUT2D eigenvalue weighted by atomic mass is 35.5. The number of hydrogen-bond acceptors (Lipinski definition) is 5. The van der Waals surface area contributed by atoms with E-state index in [9.17, 15) is 8.42 Å². The molecule has 0 aliphatic carbocycles. The van der Waals surface area contributed by atoms with Crippen molar-refractivity contribution in [1.29, 1.82) is 0 Å². The summed E-state index contributed by atoms with van der Waals surface area (Å²) in [7, 11) is -3.15. The molecule has 1 atom stereocenters. The molecule has 0 radical (unpaired) electrons. The van der Waals surface area contributed by atoms with E-state index >= 15 is 0 Å². The van der Waals surface area contributed by atoms with Crippen LogP contribution in [0.15, 0.2) is 36.7 Å². The summed E-state index contributed by atoms with van der Waals surface area (Å²) in [5, 5.41) is 4.76. The van der Waals surface area contributed by atoms with Crippen LogP contribution in [0.1, 0.15) is 12.8 Å². The Morgan fingerprint density at radius 3 is 3.07 bits per heavy atom. The number of aromatic amines is 1. The monoisotopic (exact) mass is 419 g/mol. The SMILES string of the molecule is CS(=O)(=O)N1CCCC(CNc2cc(-c3c[nH]c4ncccc34)cc(Cl)n2)C1. The van der Waals surface area contributed by atoms with Crippen LogP contribution in [-0.2, 0) is 10.0 Å². The highest BCUT2D eigenvalue weighted by Crippen LogP contribution is 2.30. The van der Waals surface area contributed by atoms with Gasteiger partial charge in [0.1, 0.15) is 16.6 Å². The Bertz CT molecular complexity index is 1100. The average Bonchev–Trinajstić information content (AvgIpc) is 3.10. The summed E-state index contributed by atoms with van der Waals surface area (Å²) in [5.74, 6) is 0.919. The summed E-state index contributed by atoms with van der Waals surface area (Å²) in [6.45, 7) is 1.78. The minimum absolute atomic E-state index is 0.241. The van der Waals surface area contributed by atoms with Crippen molar-refractivity contribution in [3.63, 3.8) is 0 Å². The first-order chi connectivity index (χ1) is 13.4. The van der Waals surface area contributed by atoms with Crippen molar-refractivity contribution < 1.29 is 8.42 Å². The van der Waals surface area contributed by atoms with Crippen molar-refractivity contribution in [3.8, 4) is 11.1 Å². The zero-order chi connectivity index (χ0) is 19.7. The van der Waals surface area contributed by atoms with Crippen LogP contribution < -0.4 is 5.32 Å². The minimum atomic E-state index is -3.15. The Hall–Kier alpha value is -2.16. The fourth-order valence-electron chi connectivity index (χ4n) is 3.68. The lowest BCUT2D eigenvalue weighted by Crippen LogP contribution is -2.41. The molecule has 3 aromatic heterocycles. The first-order valence-corrected chi connectivity index (χ1v) is 11.4. The topological polar surface area (TPSA) is 91.0 Å². The maximum absolute atomic E-state index is 11.8. The first-order valence-electron chi connectivity index (χ1n) is 9.19. The van der Waals surface area contributed by atoms with Crippen molar-refractivity contribution in [2.75, 3.05) is 31.2 Å². The molecule has 4 heterocycles. The number of sulfonamides is 1. The predicted molar refractivity (Wildman–Crippen MR) is 112 cm³/mol. The van der Waals surface area contributed by atoms with Gasteiger partial charge in [-0.2, -0.15) is 0 Å². The molecule has 0 bridgehead atoms. The van der Waals surface area contributed by atoms with Gasteiger partial charge < -0.3 is 10.3 Å². The van der Waals surface area contributed by atoms with Gasteiger partial charge in [-0.15, -0.1) is 0 Å². The number of fused-ring (bicyclic) bond motifs is 1. The van der Waals surface area contributed by atoms with Crippen LogP contribution in [0, 0.1) is 5.92 Å². The van der Waals surface area contributed by atoms with E-state index in [0.29, 0.717) is 30.6 Å². The lowest BCUT2D eigenvalue weighted by atomic mass is 10.00. The number of piperidine rings is 1. The van der Waals surface area contributed by atoms with Gasteiger partial charge in [0.05, 0.1) is 6.26 Å². The summed E-state index contributed by atoms with van der Waals surface area (Å²) in [4.78, 5) is 11.9. The smallest absolute Gasteiger partial charge is 0.211 e. The third-order valence-electron chi connectivity index (χ3n) is 5.08. The molecule has 3 aromatic rings. The molecule has 0 aromatic carbocycles. The van der Waals surface area contributed by atoms with Crippen molar-refractivity contribution in [3.05, 3.63) is 41.8 Å². The Morgan fingerprint density at radius 2 is 2.25 bits per heavy atom. The lowest BCUT2D eigenvalue weighted by Gasteiger charge is -2.31. The van der Waals surface area contributed by atoms with Crippen molar-refractivity contribution in [2.45, 2.75) is 12.8 Å². The van der Waals surface area contributed by atoms with E-state index in [2.05, 4.69) is 20.3 Å². The van der Waals surface area contributed by atoms with Crippen LogP contribution in [0.4, 0.5) is 5.82 Å². The van der Waals surface area contributed by atoms with Gasteiger partial charge in [-0.05, 0) is 48.6 Å². The van der Waals surface area contributed by atoms with Gasteiger partial charge in [0.15, 0.2) is 0 Å². The number of rotatable bonds is 5. The minimum Gasteiger partial charge on any atom is -0.370 e. The second-order valence-corrected chi connectivity index (χ2v) is 9.55. The molecule has 1 aliphatic heterocycles. The molecule has 0 amide bonds. The third kappa shape index (κ3) is 4.14. The molecule has 2 N–H and O–H groups in total. The Labute approximate surface area is 169 Å². The van der Waals surface area contributed by atoms with Gasteiger partial charge in [-0.3, -0.25) is 0 Å². The summed E-state index contributed by atoms with van der Waals surface area (Å²) in [6, 6.07) is 7.70. The number of nitrogens with one attached hydrogen (secondary N) is 2. The second kappa shape index (κ2) is 7.69. The molecule has 0 saturated carbocycles. The van der Waals surface area contributed by atoms with E-state index in [0.717, 1.165) is 35.0 Å². The normalized spacial score (nSPS) is 18.4. The maximum atomic E-state index is 11.8. The molecule has 1 aliphatic rings. The van der Waals surface area contributed by atoms with Crippen molar-refractivity contribution in [1.82, 2.24) is 19.3 Å². The third-order valence-corrected chi connectivity index (χ3v) is 6.54. The van der Waals surface area contributed by atoms with Crippen LogP contribution >= 0.6 is 11.6 Å². The zero-order valence-electron chi connectivity index (χ0n) is 15.5. The summed E-state index contributed by atoms with van der Waals surface area (Å²) in [5.41, 5.74) is 2.78. The largest absolute Gasteiger partial charge is 0.370 e. The predicted octanol–water partition coefficient (Wildman–Crippen LogP) is 3.36. The fraction of sp³-hybridized carbons (Fsp3) is 0.368. The van der Waals surface area contributed by atoms with Gasteiger partial charge >= 0.3 is 0 Å². The molecular formula is C19H22ClN5O2S. The van der Waals surface area contributed by atoms with Gasteiger partial charge in [-0.1, -0.05) is 11.6 Å². The van der Waals surface area contributed by atoms with Crippen LogP contribution in [0.2, 0.25) is 5.15 Å². The van der Waals surface area contributed by atoms with Crippen LogP contribution in [0.3, 0.4) is 0 Å². The first kappa shape index (κ1) is 19.2. The number of anilines is 1. The van der Waals surface area contributed by atoms with Crippen LogP contribution in [-0.4, -0.2) is 53.6 Å². The van der Waals surface area contributed by atoms with E-state index in [1.807, 2.05) is 30.5 Å². The quantitative estimate of drug-likeness (QED) is 0.619. The number of H-pyrrole nitrogens is 1. The second-order valence-electron chi connectivity index (χ2n) is 7.18. The number of aromatic nitrogens is 3. The van der Waals surface area contributed by atoms with Gasteiger partial charge in [0, 0.05) is 43.0 Å². The van der Waals surface area contributed by atoms with Gasteiger partial charge in [0.2, 0.25) is 10.0 Å². The van der Waals surface area contributed by atoms with Crippen LogP contribution in [0.25, 0.3) is 22.2 Å². The molecule has 1 fully saturated rings. The maximum Gasteiger partial charge on any atom is 0.211 e.